The van der Waals surface area contributed by atoms with Gasteiger partial charge in [-0.25, -0.2) is 0 Å². The van der Waals surface area contributed by atoms with E-state index >= 15 is 0 Å². The van der Waals surface area contributed by atoms with E-state index in [-0.39, 0.29) is 17.5 Å². The van der Waals surface area contributed by atoms with Crippen molar-refractivity contribution in [2.24, 2.45) is 5.92 Å². The molecule has 156 valence electrons. The number of carbonyl (C=O) groups excluding carboxylic acids is 2. The van der Waals surface area contributed by atoms with Crippen LogP contribution in [0, 0.1) is 5.92 Å². The molecule has 1 aliphatic rings. The number of hydrogen-bond donors (Lipinski definition) is 0. The van der Waals surface area contributed by atoms with Crippen molar-refractivity contribution in [2.45, 2.75) is 84.5 Å². The number of piperidine rings is 1. The van der Waals surface area contributed by atoms with Crippen molar-refractivity contribution < 1.29 is 9.59 Å². The fraction of sp³-hybridized carbons (Fsp3) is 0.680. The molecule has 0 spiro atoms. The summed E-state index contributed by atoms with van der Waals surface area (Å²) in [6.07, 6.45) is 11.3. The van der Waals surface area contributed by atoms with Crippen LogP contribution in [0.5, 0.6) is 0 Å². The van der Waals surface area contributed by atoms with Crippen molar-refractivity contribution in [3.8, 4) is 0 Å². The molecule has 3 nitrogen and oxygen atoms in total. The van der Waals surface area contributed by atoms with Crippen LogP contribution in [-0.4, -0.2) is 36.1 Å². The molecule has 1 heterocycles. The van der Waals surface area contributed by atoms with Gasteiger partial charge < -0.3 is 4.90 Å². The average molecular weight is 386 g/mol. The Bertz CT molecular complexity index is 587. The van der Waals surface area contributed by atoms with Gasteiger partial charge in [0, 0.05) is 18.8 Å². The lowest BCUT2D eigenvalue weighted by Crippen LogP contribution is -2.30. The minimum atomic E-state index is 0.0538. The summed E-state index contributed by atoms with van der Waals surface area (Å²) in [5.41, 5.74) is 2.64. The molecule has 2 rings (SSSR count). The Labute approximate surface area is 171 Å². The maximum Gasteiger partial charge on any atom is 0.133 e. The largest absolute Gasteiger partial charge is 0.303 e. The van der Waals surface area contributed by atoms with Gasteiger partial charge in [0.2, 0.25) is 0 Å². The molecule has 0 N–H and O–H groups in total. The van der Waals surface area contributed by atoms with Gasteiger partial charge in [-0.05, 0) is 89.1 Å². The third kappa shape index (κ3) is 8.68. The summed E-state index contributed by atoms with van der Waals surface area (Å²) in [7, 11) is 0. The Morgan fingerprint density at radius 2 is 1.57 bits per heavy atom. The van der Waals surface area contributed by atoms with Gasteiger partial charge in [0.15, 0.2) is 0 Å². The Morgan fingerprint density at radius 1 is 0.929 bits per heavy atom. The number of Topliss-reactive ketones (excluding diaryl/α,β-unsaturated/α-hetero) is 2. The number of carbonyl (C=O) groups is 2. The molecule has 0 bridgehead atoms. The lowest BCUT2D eigenvalue weighted by Gasteiger charge is -2.26. The van der Waals surface area contributed by atoms with Crippen LogP contribution in [-0.2, 0) is 22.4 Å². The zero-order chi connectivity index (χ0) is 20.2. The molecule has 1 fully saturated rings. The molecule has 0 aromatic heterocycles. The van der Waals surface area contributed by atoms with E-state index in [1.54, 1.807) is 6.92 Å². The van der Waals surface area contributed by atoms with Crippen molar-refractivity contribution in [1.29, 1.82) is 0 Å². The monoisotopic (exact) mass is 385 g/mol. The van der Waals surface area contributed by atoms with Crippen LogP contribution in [0.25, 0.3) is 0 Å². The Hall–Kier alpha value is -1.48. The first kappa shape index (κ1) is 22.8. The summed E-state index contributed by atoms with van der Waals surface area (Å²) in [6, 6.07) is 8.81. The SMILES string of the molecule is CC[C@@H](CCC(=O)CCc1ccc(CCCCN2CCCCC2)cc1)C(C)=O. The Morgan fingerprint density at radius 3 is 2.18 bits per heavy atom. The van der Waals surface area contributed by atoms with Crippen LogP contribution >= 0.6 is 0 Å². The van der Waals surface area contributed by atoms with Gasteiger partial charge >= 0.3 is 0 Å². The van der Waals surface area contributed by atoms with E-state index in [1.165, 1.54) is 62.9 Å². The molecular formula is C25H39NO2. The van der Waals surface area contributed by atoms with Gasteiger partial charge in [0.05, 0.1) is 0 Å². The van der Waals surface area contributed by atoms with E-state index in [9.17, 15) is 9.59 Å². The van der Waals surface area contributed by atoms with E-state index in [0.717, 1.165) is 19.3 Å². The number of likely N-dealkylation sites (tertiary alicyclic amines) is 1. The third-order valence-corrected chi connectivity index (χ3v) is 6.19. The van der Waals surface area contributed by atoms with Crippen LogP contribution < -0.4 is 0 Å². The molecule has 0 radical (unpaired) electrons. The first-order valence-electron chi connectivity index (χ1n) is 11.4. The second-order valence-corrected chi connectivity index (χ2v) is 8.47. The predicted octanol–water partition coefficient (Wildman–Crippen LogP) is 5.39. The quantitative estimate of drug-likeness (QED) is 0.427. The topological polar surface area (TPSA) is 37.4 Å². The maximum atomic E-state index is 12.1. The zero-order valence-corrected chi connectivity index (χ0v) is 18.0. The molecule has 0 amide bonds. The number of benzene rings is 1. The normalized spacial score (nSPS) is 16.1. The highest BCUT2D eigenvalue weighted by molar-refractivity contribution is 5.81. The van der Waals surface area contributed by atoms with Crippen LogP contribution in [0.2, 0.25) is 0 Å². The van der Waals surface area contributed by atoms with Crippen LogP contribution in [0.1, 0.15) is 82.8 Å². The molecular weight excluding hydrogens is 346 g/mol. The van der Waals surface area contributed by atoms with Gasteiger partial charge in [0.25, 0.3) is 0 Å². The second-order valence-electron chi connectivity index (χ2n) is 8.47. The van der Waals surface area contributed by atoms with Crippen LogP contribution in [0.3, 0.4) is 0 Å². The zero-order valence-electron chi connectivity index (χ0n) is 18.0. The van der Waals surface area contributed by atoms with E-state index in [4.69, 9.17) is 0 Å². The molecule has 1 atom stereocenters. The summed E-state index contributed by atoms with van der Waals surface area (Å²) in [4.78, 5) is 26.2. The minimum Gasteiger partial charge on any atom is -0.303 e. The van der Waals surface area contributed by atoms with Gasteiger partial charge in [-0.2, -0.15) is 0 Å². The lowest BCUT2D eigenvalue weighted by molar-refractivity contribution is -0.122. The summed E-state index contributed by atoms with van der Waals surface area (Å²) in [5, 5.41) is 0. The van der Waals surface area contributed by atoms with Crippen LogP contribution in [0.4, 0.5) is 0 Å². The van der Waals surface area contributed by atoms with E-state index < -0.39 is 0 Å². The molecule has 0 aliphatic carbocycles. The molecule has 1 aliphatic heterocycles. The highest BCUT2D eigenvalue weighted by Gasteiger charge is 2.14. The number of unbranched alkanes of at least 4 members (excludes halogenated alkanes) is 1. The fourth-order valence-corrected chi connectivity index (χ4v) is 4.16. The highest BCUT2D eigenvalue weighted by atomic mass is 16.1. The molecule has 1 aromatic carbocycles. The van der Waals surface area contributed by atoms with Crippen molar-refractivity contribution in [1.82, 2.24) is 4.90 Å². The van der Waals surface area contributed by atoms with E-state index in [2.05, 4.69) is 29.2 Å². The molecule has 3 heteroatoms. The van der Waals surface area contributed by atoms with Gasteiger partial charge in [-0.15, -0.1) is 0 Å². The summed E-state index contributed by atoms with van der Waals surface area (Å²) >= 11 is 0. The first-order valence-corrected chi connectivity index (χ1v) is 11.4. The average Bonchev–Trinajstić information content (AvgIpc) is 2.71. The van der Waals surface area contributed by atoms with Crippen molar-refractivity contribution >= 4 is 11.6 Å². The summed E-state index contributed by atoms with van der Waals surface area (Å²) in [6.45, 7) is 7.49. The molecule has 28 heavy (non-hydrogen) atoms. The molecule has 0 saturated carbocycles. The summed E-state index contributed by atoms with van der Waals surface area (Å²) in [5.74, 6) is 0.543. The maximum absolute atomic E-state index is 12.1. The molecule has 1 aromatic rings. The van der Waals surface area contributed by atoms with Gasteiger partial charge in [0.1, 0.15) is 11.6 Å². The highest BCUT2D eigenvalue weighted by Crippen LogP contribution is 2.15. The van der Waals surface area contributed by atoms with Gasteiger partial charge in [-0.1, -0.05) is 37.6 Å². The predicted molar refractivity (Wildman–Crippen MR) is 117 cm³/mol. The van der Waals surface area contributed by atoms with Crippen molar-refractivity contribution in [3.05, 3.63) is 35.4 Å². The lowest BCUT2D eigenvalue weighted by atomic mass is 9.94. The Balaban J connectivity index is 1.61. The van der Waals surface area contributed by atoms with E-state index in [0.29, 0.717) is 19.3 Å². The van der Waals surface area contributed by atoms with Crippen molar-refractivity contribution in [2.75, 3.05) is 19.6 Å². The Kier molecular flexibility index (Phi) is 10.5. The number of nitrogens with zero attached hydrogens (tertiary/aromatic N) is 1. The minimum absolute atomic E-state index is 0.0538. The number of ketones is 2. The van der Waals surface area contributed by atoms with E-state index in [1.807, 2.05) is 6.92 Å². The first-order chi connectivity index (χ1) is 13.6. The fourth-order valence-electron chi connectivity index (χ4n) is 4.16. The van der Waals surface area contributed by atoms with Gasteiger partial charge in [-0.3, -0.25) is 9.59 Å². The standard InChI is InChI=1S/C25H39NO2/c1-3-24(21(2)27)15-17-25(28)16-14-23-12-10-22(11-13-23)9-5-8-20-26-18-6-4-7-19-26/h10-13,24H,3-9,14-20H2,1-2H3/t24-/m0/s1. The number of aryl methyl sites for hydroxylation is 2. The number of rotatable bonds is 13. The van der Waals surface area contributed by atoms with Crippen LogP contribution in [0.15, 0.2) is 24.3 Å². The third-order valence-electron chi connectivity index (χ3n) is 6.19. The smallest absolute Gasteiger partial charge is 0.133 e. The second kappa shape index (κ2) is 12.9. The molecule has 0 unspecified atom stereocenters. The number of hydrogen-bond acceptors (Lipinski definition) is 3. The van der Waals surface area contributed by atoms with Crippen molar-refractivity contribution in [3.63, 3.8) is 0 Å². The molecule has 1 saturated heterocycles. The summed E-state index contributed by atoms with van der Waals surface area (Å²) < 4.78 is 0.